The Morgan fingerprint density at radius 2 is 2.12 bits per heavy atom. The van der Waals surface area contributed by atoms with Crippen molar-refractivity contribution < 1.29 is 13.5 Å². The van der Waals surface area contributed by atoms with Gasteiger partial charge >= 0.3 is 0 Å². The standard InChI is InChI=1S/C11H24N2O3S/c1-9(6-14)10(2)13-11(7-12)4-3-5-17(15,16)8-11/h9-10,13-14H,3-8,12H2,1-2H3. The van der Waals surface area contributed by atoms with Crippen molar-refractivity contribution in [3.8, 4) is 0 Å². The van der Waals surface area contributed by atoms with E-state index in [2.05, 4.69) is 5.32 Å². The van der Waals surface area contributed by atoms with Gasteiger partial charge in [-0.25, -0.2) is 8.42 Å². The third-order valence-corrected chi connectivity index (χ3v) is 5.58. The zero-order valence-corrected chi connectivity index (χ0v) is 11.5. The minimum atomic E-state index is -2.99. The fourth-order valence-electron chi connectivity index (χ4n) is 2.31. The van der Waals surface area contributed by atoms with Crippen molar-refractivity contribution in [3.05, 3.63) is 0 Å². The zero-order chi connectivity index (χ0) is 13.1. The van der Waals surface area contributed by atoms with Gasteiger partial charge in [-0.1, -0.05) is 6.92 Å². The highest BCUT2D eigenvalue weighted by molar-refractivity contribution is 7.91. The highest BCUT2D eigenvalue weighted by Gasteiger charge is 2.39. The summed E-state index contributed by atoms with van der Waals surface area (Å²) in [7, 11) is -2.99. The maximum atomic E-state index is 11.7. The van der Waals surface area contributed by atoms with Gasteiger partial charge in [-0.2, -0.15) is 0 Å². The van der Waals surface area contributed by atoms with Gasteiger partial charge in [0.2, 0.25) is 0 Å². The van der Waals surface area contributed by atoms with Crippen LogP contribution < -0.4 is 11.1 Å². The quantitative estimate of drug-likeness (QED) is 0.622. The predicted molar refractivity (Wildman–Crippen MR) is 68.5 cm³/mol. The fourth-order valence-corrected chi connectivity index (χ4v) is 4.23. The molecule has 5 nitrogen and oxygen atoms in total. The number of nitrogens with one attached hydrogen (secondary N) is 1. The van der Waals surface area contributed by atoms with Gasteiger partial charge in [0.05, 0.1) is 11.5 Å². The van der Waals surface area contributed by atoms with Crippen LogP contribution in [0.3, 0.4) is 0 Å². The summed E-state index contributed by atoms with van der Waals surface area (Å²) in [6, 6.07) is 0.0526. The van der Waals surface area contributed by atoms with Crippen LogP contribution in [0.5, 0.6) is 0 Å². The van der Waals surface area contributed by atoms with E-state index < -0.39 is 15.4 Å². The van der Waals surface area contributed by atoms with Gasteiger partial charge in [-0.3, -0.25) is 0 Å². The third-order valence-electron chi connectivity index (χ3n) is 3.67. The molecule has 4 N–H and O–H groups in total. The maximum Gasteiger partial charge on any atom is 0.152 e. The van der Waals surface area contributed by atoms with Crippen molar-refractivity contribution in [2.45, 2.75) is 38.3 Å². The summed E-state index contributed by atoms with van der Waals surface area (Å²) in [5, 5.41) is 12.4. The molecule has 3 atom stereocenters. The van der Waals surface area contributed by atoms with Crippen LogP contribution in [0, 0.1) is 5.92 Å². The lowest BCUT2D eigenvalue weighted by Crippen LogP contribution is -2.61. The third kappa shape index (κ3) is 3.91. The van der Waals surface area contributed by atoms with Crippen molar-refractivity contribution in [1.82, 2.24) is 5.32 Å². The summed E-state index contributed by atoms with van der Waals surface area (Å²) in [6.45, 7) is 4.29. The van der Waals surface area contributed by atoms with Crippen LogP contribution in [0.15, 0.2) is 0 Å². The molecular weight excluding hydrogens is 240 g/mol. The lowest BCUT2D eigenvalue weighted by atomic mass is 9.92. The van der Waals surface area contributed by atoms with Gasteiger partial charge in [-0.15, -0.1) is 0 Å². The predicted octanol–water partition coefficient (Wildman–Crippen LogP) is -0.501. The van der Waals surface area contributed by atoms with Crippen LogP contribution in [0.25, 0.3) is 0 Å². The van der Waals surface area contributed by atoms with E-state index >= 15 is 0 Å². The van der Waals surface area contributed by atoms with Gasteiger partial charge in [0, 0.05) is 24.7 Å². The molecule has 1 aliphatic rings. The summed E-state index contributed by atoms with van der Waals surface area (Å²) >= 11 is 0. The molecule has 1 fully saturated rings. The average Bonchev–Trinajstić information content (AvgIpc) is 2.26. The molecule has 0 aromatic rings. The van der Waals surface area contributed by atoms with Gasteiger partial charge < -0.3 is 16.2 Å². The number of hydrogen-bond acceptors (Lipinski definition) is 5. The summed E-state index contributed by atoms with van der Waals surface area (Å²) in [4.78, 5) is 0. The van der Waals surface area contributed by atoms with E-state index in [1.165, 1.54) is 0 Å². The van der Waals surface area contributed by atoms with Gasteiger partial charge in [0.25, 0.3) is 0 Å². The second-order valence-electron chi connectivity index (χ2n) is 5.27. The Balaban J connectivity index is 2.75. The molecule has 0 saturated carbocycles. The first-order valence-corrected chi connectivity index (χ1v) is 7.95. The lowest BCUT2D eigenvalue weighted by molar-refractivity contribution is 0.180. The van der Waals surface area contributed by atoms with Crippen LogP contribution in [0.4, 0.5) is 0 Å². The molecule has 0 radical (unpaired) electrons. The first-order valence-electron chi connectivity index (χ1n) is 6.13. The van der Waals surface area contributed by atoms with E-state index in [9.17, 15) is 8.42 Å². The Bertz CT molecular complexity index is 345. The normalized spacial score (nSPS) is 32.0. The number of rotatable bonds is 5. The number of aliphatic hydroxyl groups is 1. The molecule has 0 bridgehead atoms. The molecule has 0 spiro atoms. The largest absolute Gasteiger partial charge is 0.396 e. The van der Waals surface area contributed by atoms with Crippen LogP contribution in [0.2, 0.25) is 0 Å². The fraction of sp³-hybridized carbons (Fsp3) is 1.00. The lowest BCUT2D eigenvalue weighted by Gasteiger charge is -2.40. The summed E-state index contributed by atoms with van der Waals surface area (Å²) < 4.78 is 23.4. The summed E-state index contributed by atoms with van der Waals surface area (Å²) in [5.74, 6) is 0.461. The molecular formula is C11H24N2O3S. The van der Waals surface area contributed by atoms with Crippen molar-refractivity contribution >= 4 is 9.84 Å². The second kappa shape index (κ2) is 5.65. The Morgan fingerprint density at radius 1 is 1.47 bits per heavy atom. The molecule has 1 rings (SSSR count). The molecule has 0 aromatic carbocycles. The maximum absolute atomic E-state index is 11.7. The molecule has 0 aliphatic carbocycles. The summed E-state index contributed by atoms with van der Waals surface area (Å²) in [5.41, 5.74) is 5.25. The molecule has 102 valence electrons. The molecule has 0 amide bonds. The molecule has 17 heavy (non-hydrogen) atoms. The first-order chi connectivity index (χ1) is 7.84. The highest BCUT2D eigenvalue weighted by Crippen LogP contribution is 2.23. The number of sulfone groups is 1. The van der Waals surface area contributed by atoms with Gasteiger partial charge in [0.15, 0.2) is 9.84 Å². The molecule has 0 aromatic heterocycles. The number of nitrogens with two attached hydrogens (primary N) is 1. The van der Waals surface area contributed by atoms with E-state index in [0.717, 1.165) is 6.42 Å². The molecule has 1 heterocycles. The smallest absolute Gasteiger partial charge is 0.152 e. The van der Waals surface area contributed by atoms with Crippen LogP contribution in [-0.4, -0.2) is 49.8 Å². The van der Waals surface area contributed by atoms with Gasteiger partial charge in [-0.05, 0) is 25.7 Å². The monoisotopic (exact) mass is 264 g/mol. The SMILES string of the molecule is CC(CO)C(C)NC1(CN)CCCS(=O)(=O)C1. The van der Waals surface area contributed by atoms with Crippen molar-refractivity contribution in [2.24, 2.45) is 11.7 Å². The van der Waals surface area contributed by atoms with Gasteiger partial charge in [0.1, 0.15) is 0 Å². The second-order valence-corrected chi connectivity index (χ2v) is 7.46. The zero-order valence-electron chi connectivity index (χ0n) is 10.6. The minimum Gasteiger partial charge on any atom is -0.396 e. The first kappa shape index (κ1) is 14.9. The van der Waals surface area contributed by atoms with Crippen LogP contribution in [0.1, 0.15) is 26.7 Å². The molecule has 1 saturated heterocycles. The van der Waals surface area contributed by atoms with E-state index in [1.807, 2.05) is 13.8 Å². The highest BCUT2D eigenvalue weighted by atomic mass is 32.2. The molecule has 6 heteroatoms. The van der Waals surface area contributed by atoms with E-state index in [0.29, 0.717) is 13.0 Å². The van der Waals surface area contributed by atoms with Crippen molar-refractivity contribution in [1.29, 1.82) is 0 Å². The van der Waals surface area contributed by atoms with E-state index in [1.54, 1.807) is 0 Å². The molecule has 1 aliphatic heterocycles. The number of hydrogen-bond donors (Lipinski definition) is 3. The Morgan fingerprint density at radius 3 is 2.59 bits per heavy atom. The minimum absolute atomic E-state index is 0.0526. The average molecular weight is 264 g/mol. The van der Waals surface area contributed by atoms with Crippen molar-refractivity contribution in [2.75, 3.05) is 24.7 Å². The van der Waals surface area contributed by atoms with E-state index in [4.69, 9.17) is 10.8 Å². The summed E-state index contributed by atoms with van der Waals surface area (Å²) in [6.07, 6.45) is 1.44. The van der Waals surface area contributed by atoms with Crippen LogP contribution >= 0.6 is 0 Å². The number of aliphatic hydroxyl groups excluding tert-OH is 1. The topological polar surface area (TPSA) is 92.4 Å². The van der Waals surface area contributed by atoms with Crippen LogP contribution in [-0.2, 0) is 9.84 Å². The Kier molecular flexibility index (Phi) is 4.95. The molecule has 3 unspecified atom stereocenters. The van der Waals surface area contributed by atoms with Crippen molar-refractivity contribution in [3.63, 3.8) is 0 Å². The Hall–Kier alpha value is -0.170. The van der Waals surface area contributed by atoms with E-state index in [-0.39, 0.29) is 30.1 Å². The Labute approximate surface area is 104 Å².